The van der Waals surface area contributed by atoms with Crippen LogP contribution in [0.2, 0.25) is 0 Å². The van der Waals surface area contributed by atoms with Gasteiger partial charge in [0.1, 0.15) is 17.3 Å². The Morgan fingerprint density at radius 2 is 2.11 bits per heavy atom. The summed E-state index contributed by atoms with van der Waals surface area (Å²) in [7, 11) is 0. The molecule has 0 saturated carbocycles. The standard InChI is InChI=1S/C14H13FO3/c1-9-11(3-2-4-12(9)15)13-7-5-10(18-13)6-8-14(16)17/h2-5,7H,6,8H2,1H3,(H,16,17). The normalized spacial score (nSPS) is 10.6. The smallest absolute Gasteiger partial charge is 0.303 e. The van der Waals surface area contributed by atoms with Crippen LogP contribution in [0, 0.1) is 12.7 Å². The molecule has 2 rings (SSSR count). The summed E-state index contributed by atoms with van der Waals surface area (Å²) in [5.41, 5.74) is 1.22. The number of hydrogen-bond donors (Lipinski definition) is 1. The molecule has 1 N–H and O–H groups in total. The maximum absolute atomic E-state index is 13.4. The van der Waals surface area contributed by atoms with E-state index in [1.165, 1.54) is 6.07 Å². The molecule has 0 bridgehead atoms. The summed E-state index contributed by atoms with van der Waals surface area (Å²) < 4.78 is 18.9. The Morgan fingerprint density at radius 3 is 2.83 bits per heavy atom. The molecule has 2 aromatic rings. The van der Waals surface area contributed by atoms with Gasteiger partial charge < -0.3 is 9.52 Å². The Labute approximate surface area is 104 Å². The first kappa shape index (κ1) is 12.4. The average Bonchev–Trinajstić information content (AvgIpc) is 2.78. The van der Waals surface area contributed by atoms with Crippen molar-refractivity contribution in [3.05, 3.63) is 47.5 Å². The van der Waals surface area contributed by atoms with E-state index >= 15 is 0 Å². The van der Waals surface area contributed by atoms with Crippen molar-refractivity contribution in [3.8, 4) is 11.3 Å². The molecule has 0 aliphatic carbocycles. The molecule has 0 aliphatic heterocycles. The van der Waals surface area contributed by atoms with Crippen molar-refractivity contribution in [3.63, 3.8) is 0 Å². The van der Waals surface area contributed by atoms with E-state index in [0.29, 0.717) is 29.1 Å². The fourth-order valence-electron chi connectivity index (χ4n) is 1.76. The summed E-state index contributed by atoms with van der Waals surface area (Å²) in [6.45, 7) is 1.68. The number of carboxylic acid groups (broad SMARTS) is 1. The number of halogens is 1. The second-order valence-electron chi connectivity index (χ2n) is 4.07. The number of carboxylic acids is 1. The van der Waals surface area contributed by atoms with E-state index in [1.807, 2.05) is 0 Å². The SMILES string of the molecule is Cc1c(F)cccc1-c1ccc(CCC(=O)O)o1. The molecule has 3 nitrogen and oxygen atoms in total. The summed E-state index contributed by atoms with van der Waals surface area (Å²) in [6.07, 6.45) is 0.360. The molecule has 0 aliphatic rings. The lowest BCUT2D eigenvalue weighted by atomic mass is 10.1. The molecule has 0 unspecified atom stereocenters. The summed E-state index contributed by atoms with van der Waals surface area (Å²) in [5, 5.41) is 8.59. The number of aryl methyl sites for hydroxylation is 1. The fraction of sp³-hybridized carbons (Fsp3) is 0.214. The van der Waals surface area contributed by atoms with Crippen LogP contribution >= 0.6 is 0 Å². The van der Waals surface area contributed by atoms with Crippen LogP contribution < -0.4 is 0 Å². The zero-order valence-corrected chi connectivity index (χ0v) is 9.94. The van der Waals surface area contributed by atoms with Gasteiger partial charge in [0, 0.05) is 12.0 Å². The highest BCUT2D eigenvalue weighted by molar-refractivity contribution is 5.67. The van der Waals surface area contributed by atoms with Gasteiger partial charge in [0.25, 0.3) is 0 Å². The van der Waals surface area contributed by atoms with Crippen LogP contribution in [0.15, 0.2) is 34.7 Å². The molecule has 0 fully saturated rings. The van der Waals surface area contributed by atoms with Gasteiger partial charge in [-0.05, 0) is 30.7 Å². The molecule has 94 valence electrons. The van der Waals surface area contributed by atoms with Crippen LogP contribution in [0.4, 0.5) is 4.39 Å². The molecule has 1 aromatic carbocycles. The van der Waals surface area contributed by atoms with Crippen LogP contribution in [-0.4, -0.2) is 11.1 Å². The second-order valence-corrected chi connectivity index (χ2v) is 4.07. The highest BCUT2D eigenvalue weighted by atomic mass is 19.1. The van der Waals surface area contributed by atoms with Crippen molar-refractivity contribution < 1.29 is 18.7 Å². The number of hydrogen-bond acceptors (Lipinski definition) is 2. The molecular formula is C14H13FO3. The quantitative estimate of drug-likeness (QED) is 0.902. The van der Waals surface area contributed by atoms with Gasteiger partial charge in [-0.25, -0.2) is 4.39 Å². The lowest BCUT2D eigenvalue weighted by molar-refractivity contribution is -0.137. The molecule has 0 saturated heterocycles. The van der Waals surface area contributed by atoms with E-state index in [1.54, 1.807) is 31.2 Å². The Hall–Kier alpha value is -2.10. The topological polar surface area (TPSA) is 50.4 Å². The first-order valence-electron chi connectivity index (χ1n) is 5.64. The zero-order valence-electron chi connectivity index (χ0n) is 9.94. The van der Waals surface area contributed by atoms with Crippen molar-refractivity contribution in [1.29, 1.82) is 0 Å². The van der Waals surface area contributed by atoms with Crippen LogP contribution in [0.1, 0.15) is 17.7 Å². The van der Waals surface area contributed by atoms with E-state index in [0.717, 1.165) is 0 Å². The van der Waals surface area contributed by atoms with E-state index in [9.17, 15) is 9.18 Å². The van der Waals surface area contributed by atoms with Gasteiger partial charge in [0.05, 0.1) is 6.42 Å². The first-order chi connectivity index (χ1) is 8.58. The van der Waals surface area contributed by atoms with Gasteiger partial charge in [-0.3, -0.25) is 4.79 Å². The minimum atomic E-state index is -0.866. The van der Waals surface area contributed by atoms with Crippen LogP contribution in [0.25, 0.3) is 11.3 Å². The molecule has 0 amide bonds. The Kier molecular flexibility index (Phi) is 3.46. The maximum Gasteiger partial charge on any atom is 0.303 e. The minimum Gasteiger partial charge on any atom is -0.481 e. The van der Waals surface area contributed by atoms with Gasteiger partial charge >= 0.3 is 5.97 Å². The van der Waals surface area contributed by atoms with Crippen molar-refractivity contribution in [2.75, 3.05) is 0 Å². The Balaban J connectivity index is 2.24. The van der Waals surface area contributed by atoms with Gasteiger partial charge in [-0.1, -0.05) is 12.1 Å². The average molecular weight is 248 g/mol. The number of carbonyl (C=O) groups is 1. The van der Waals surface area contributed by atoms with E-state index in [-0.39, 0.29) is 12.2 Å². The van der Waals surface area contributed by atoms with Gasteiger partial charge in [0.15, 0.2) is 0 Å². The molecule has 0 atom stereocenters. The molecule has 0 spiro atoms. The predicted octanol–water partition coefficient (Wildman–Crippen LogP) is 3.41. The summed E-state index contributed by atoms with van der Waals surface area (Å²) in [4.78, 5) is 10.5. The Morgan fingerprint density at radius 1 is 1.33 bits per heavy atom. The van der Waals surface area contributed by atoms with Gasteiger partial charge in [-0.2, -0.15) is 0 Å². The third-order valence-electron chi connectivity index (χ3n) is 2.78. The summed E-state index contributed by atoms with van der Waals surface area (Å²) in [5.74, 6) is 0.00863. The Bertz CT molecular complexity index is 572. The van der Waals surface area contributed by atoms with Gasteiger partial charge in [-0.15, -0.1) is 0 Å². The molecule has 1 aromatic heterocycles. The van der Waals surface area contributed by atoms with Crippen LogP contribution in [0.3, 0.4) is 0 Å². The lowest BCUT2D eigenvalue weighted by Crippen LogP contribution is -1.96. The third kappa shape index (κ3) is 2.59. The third-order valence-corrected chi connectivity index (χ3v) is 2.78. The van der Waals surface area contributed by atoms with Crippen LogP contribution in [0.5, 0.6) is 0 Å². The number of furan rings is 1. The largest absolute Gasteiger partial charge is 0.481 e. The van der Waals surface area contributed by atoms with Crippen LogP contribution in [-0.2, 0) is 11.2 Å². The maximum atomic E-state index is 13.4. The fourth-order valence-corrected chi connectivity index (χ4v) is 1.76. The van der Waals surface area contributed by atoms with Crippen molar-refractivity contribution in [2.24, 2.45) is 0 Å². The van der Waals surface area contributed by atoms with Crippen molar-refractivity contribution in [1.82, 2.24) is 0 Å². The molecule has 4 heteroatoms. The van der Waals surface area contributed by atoms with E-state index in [4.69, 9.17) is 9.52 Å². The van der Waals surface area contributed by atoms with Crippen molar-refractivity contribution >= 4 is 5.97 Å². The molecule has 0 radical (unpaired) electrons. The highest BCUT2D eigenvalue weighted by Gasteiger charge is 2.10. The monoisotopic (exact) mass is 248 g/mol. The first-order valence-corrected chi connectivity index (χ1v) is 5.64. The predicted molar refractivity (Wildman–Crippen MR) is 64.8 cm³/mol. The van der Waals surface area contributed by atoms with E-state index in [2.05, 4.69) is 0 Å². The van der Waals surface area contributed by atoms with E-state index < -0.39 is 5.97 Å². The lowest BCUT2D eigenvalue weighted by Gasteiger charge is -2.03. The number of rotatable bonds is 4. The molecule has 1 heterocycles. The molecular weight excluding hydrogens is 235 g/mol. The highest BCUT2D eigenvalue weighted by Crippen LogP contribution is 2.27. The molecule has 18 heavy (non-hydrogen) atoms. The zero-order chi connectivity index (χ0) is 13.1. The van der Waals surface area contributed by atoms with Gasteiger partial charge in [0.2, 0.25) is 0 Å². The second kappa shape index (κ2) is 5.04. The number of benzene rings is 1. The summed E-state index contributed by atoms with van der Waals surface area (Å²) in [6, 6.07) is 8.25. The minimum absolute atomic E-state index is 0.0229. The number of aliphatic carboxylic acids is 1. The summed E-state index contributed by atoms with van der Waals surface area (Å²) >= 11 is 0. The van der Waals surface area contributed by atoms with Crippen molar-refractivity contribution in [2.45, 2.75) is 19.8 Å².